The van der Waals surface area contributed by atoms with Gasteiger partial charge in [-0.3, -0.25) is 25.7 Å². The van der Waals surface area contributed by atoms with E-state index in [9.17, 15) is 4.79 Å². The maximum atomic E-state index is 13.0. The van der Waals surface area contributed by atoms with Gasteiger partial charge in [0.05, 0.1) is 12.1 Å². The SMILES string of the molecule is COC1CNCC(C2CCNC(NC3CC(NC(=O)C4=NC5CCCCC5S4)CCC3C)N2)C1. The number of hydrogen-bond acceptors (Lipinski definition) is 8. The van der Waals surface area contributed by atoms with Gasteiger partial charge in [0.2, 0.25) is 0 Å². The first-order chi connectivity index (χ1) is 16.6. The molecule has 5 aliphatic rings. The summed E-state index contributed by atoms with van der Waals surface area (Å²) in [7, 11) is 1.82. The Kier molecular flexibility index (Phi) is 8.49. The molecule has 3 heterocycles. The van der Waals surface area contributed by atoms with Crippen LogP contribution in [0.4, 0.5) is 0 Å². The zero-order chi connectivity index (χ0) is 23.5. The second-order valence-electron chi connectivity index (χ2n) is 11.1. The average Bonchev–Trinajstić information content (AvgIpc) is 3.31. The standard InChI is InChI=1S/C25H44N6O2S/c1-15-7-8-17(28-23(32)24-29-20-5-3-4-6-22(20)34-24)12-21(15)31-25-27-10-9-19(30-25)16-11-18(33-2)14-26-13-16/h15-22,25-27,30-31H,3-14H2,1-2H3,(H,28,32). The van der Waals surface area contributed by atoms with Gasteiger partial charge >= 0.3 is 0 Å². The van der Waals surface area contributed by atoms with E-state index in [0.717, 1.165) is 63.2 Å². The lowest BCUT2D eigenvalue weighted by atomic mass is 9.82. The fraction of sp³-hybridized carbons (Fsp3) is 0.920. The molecule has 0 aromatic carbocycles. The number of thioether (sulfide) groups is 1. The third-order valence-corrected chi connectivity index (χ3v) is 10.1. The summed E-state index contributed by atoms with van der Waals surface area (Å²) in [6, 6.07) is 1.45. The number of methoxy groups -OCH3 is 1. The van der Waals surface area contributed by atoms with Crippen LogP contribution in [0.3, 0.4) is 0 Å². The molecule has 8 nitrogen and oxygen atoms in total. The number of carbonyl (C=O) groups is 1. The Hall–Kier alpha value is -0.710. The molecule has 2 saturated carbocycles. The Morgan fingerprint density at radius 1 is 1.12 bits per heavy atom. The summed E-state index contributed by atoms with van der Waals surface area (Å²) in [5.74, 6) is 1.24. The van der Waals surface area contributed by atoms with Crippen molar-refractivity contribution in [3.63, 3.8) is 0 Å². The van der Waals surface area contributed by atoms with Gasteiger partial charge in [0.25, 0.3) is 5.91 Å². The van der Waals surface area contributed by atoms with Gasteiger partial charge in [-0.15, -0.1) is 0 Å². The Morgan fingerprint density at radius 2 is 2.00 bits per heavy atom. The van der Waals surface area contributed by atoms with Crippen LogP contribution in [0.2, 0.25) is 0 Å². The molecule has 2 aliphatic carbocycles. The molecular weight excluding hydrogens is 448 g/mol. The highest BCUT2D eigenvalue weighted by atomic mass is 32.2. The molecule has 192 valence electrons. The Balaban J connectivity index is 1.12. The molecular formula is C25H44N6O2S. The van der Waals surface area contributed by atoms with Gasteiger partial charge in [0.15, 0.2) is 5.04 Å². The molecule has 4 fully saturated rings. The second kappa shape index (κ2) is 11.6. The molecule has 2 saturated heterocycles. The van der Waals surface area contributed by atoms with E-state index in [1.54, 1.807) is 11.8 Å². The maximum absolute atomic E-state index is 13.0. The number of hydrogen-bond donors (Lipinski definition) is 5. The number of amides is 1. The fourth-order valence-electron chi connectivity index (χ4n) is 6.58. The zero-order valence-electron chi connectivity index (χ0n) is 20.9. The summed E-state index contributed by atoms with van der Waals surface area (Å²) in [5.41, 5.74) is 0. The van der Waals surface area contributed by atoms with E-state index in [1.165, 1.54) is 19.3 Å². The van der Waals surface area contributed by atoms with Crippen molar-refractivity contribution in [1.29, 1.82) is 0 Å². The largest absolute Gasteiger partial charge is 0.380 e. The number of nitrogens with zero attached hydrogens (tertiary/aromatic N) is 1. The lowest BCUT2D eigenvalue weighted by Gasteiger charge is -2.43. The van der Waals surface area contributed by atoms with Gasteiger partial charge in [0, 0.05) is 37.0 Å². The number of aliphatic imine (C=N–C) groups is 1. The van der Waals surface area contributed by atoms with Crippen molar-refractivity contribution < 1.29 is 9.53 Å². The first-order valence-electron chi connectivity index (χ1n) is 13.6. The van der Waals surface area contributed by atoms with Gasteiger partial charge in [0.1, 0.15) is 6.29 Å². The highest BCUT2D eigenvalue weighted by Gasteiger charge is 2.37. The molecule has 9 unspecified atom stereocenters. The van der Waals surface area contributed by atoms with E-state index in [2.05, 4.69) is 33.5 Å². The van der Waals surface area contributed by atoms with E-state index in [4.69, 9.17) is 9.73 Å². The topological polar surface area (TPSA) is 98.8 Å². The number of fused-ring (bicyclic) bond motifs is 1. The van der Waals surface area contributed by atoms with Crippen LogP contribution in [0, 0.1) is 11.8 Å². The monoisotopic (exact) mass is 492 g/mol. The van der Waals surface area contributed by atoms with Crippen molar-refractivity contribution in [2.75, 3.05) is 26.7 Å². The van der Waals surface area contributed by atoms with Crippen LogP contribution in [0.25, 0.3) is 0 Å². The predicted octanol–water partition coefficient (Wildman–Crippen LogP) is 1.57. The minimum Gasteiger partial charge on any atom is -0.380 e. The van der Waals surface area contributed by atoms with Crippen LogP contribution < -0.4 is 26.6 Å². The summed E-state index contributed by atoms with van der Waals surface area (Å²) in [6.07, 6.45) is 10.7. The van der Waals surface area contributed by atoms with Crippen LogP contribution in [-0.4, -0.2) is 79.5 Å². The van der Waals surface area contributed by atoms with Crippen molar-refractivity contribution >= 4 is 22.7 Å². The summed E-state index contributed by atoms with van der Waals surface area (Å²) in [6.45, 7) is 5.37. The summed E-state index contributed by atoms with van der Waals surface area (Å²) in [4.78, 5) is 17.8. The zero-order valence-corrected chi connectivity index (χ0v) is 21.7. The van der Waals surface area contributed by atoms with E-state index in [1.807, 2.05) is 7.11 Å². The number of rotatable bonds is 6. The van der Waals surface area contributed by atoms with Gasteiger partial charge in [-0.25, -0.2) is 0 Å². The van der Waals surface area contributed by atoms with Crippen LogP contribution in [-0.2, 0) is 9.53 Å². The van der Waals surface area contributed by atoms with Crippen LogP contribution in [0.1, 0.15) is 64.7 Å². The average molecular weight is 493 g/mol. The minimum absolute atomic E-state index is 0.0594. The van der Waals surface area contributed by atoms with E-state index in [0.29, 0.717) is 41.3 Å². The molecule has 0 bridgehead atoms. The van der Waals surface area contributed by atoms with Gasteiger partial charge in [-0.05, 0) is 69.9 Å². The van der Waals surface area contributed by atoms with E-state index in [-0.39, 0.29) is 18.2 Å². The molecule has 5 N–H and O–H groups in total. The maximum Gasteiger partial charge on any atom is 0.276 e. The van der Waals surface area contributed by atoms with Gasteiger partial charge < -0.3 is 15.4 Å². The Labute approximate surface area is 209 Å². The van der Waals surface area contributed by atoms with Crippen molar-refractivity contribution in [2.45, 2.75) is 107 Å². The molecule has 5 rings (SSSR count). The van der Waals surface area contributed by atoms with Crippen molar-refractivity contribution in [1.82, 2.24) is 26.6 Å². The van der Waals surface area contributed by atoms with Crippen molar-refractivity contribution in [2.24, 2.45) is 16.8 Å². The second-order valence-corrected chi connectivity index (χ2v) is 12.4. The molecule has 9 atom stereocenters. The summed E-state index contributed by atoms with van der Waals surface area (Å²) in [5, 5.41) is 19.5. The number of piperidine rings is 1. The summed E-state index contributed by atoms with van der Waals surface area (Å²) >= 11 is 1.72. The Bertz CT molecular complexity index is 738. The normalized spacial score (nSPS) is 43.1. The van der Waals surface area contributed by atoms with Crippen molar-refractivity contribution in [3.8, 4) is 0 Å². The Morgan fingerprint density at radius 3 is 2.85 bits per heavy atom. The van der Waals surface area contributed by atoms with Crippen LogP contribution in [0.15, 0.2) is 4.99 Å². The third-order valence-electron chi connectivity index (χ3n) is 8.75. The van der Waals surface area contributed by atoms with Crippen LogP contribution in [0.5, 0.6) is 0 Å². The highest BCUT2D eigenvalue weighted by Crippen LogP contribution is 2.37. The summed E-state index contributed by atoms with van der Waals surface area (Å²) < 4.78 is 5.62. The lowest BCUT2D eigenvalue weighted by Crippen LogP contribution is -2.66. The fourth-order valence-corrected chi connectivity index (χ4v) is 7.87. The predicted molar refractivity (Wildman–Crippen MR) is 138 cm³/mol. The molecule has 34 heavy (non-hydrogen) atoms. The molecule has 3 aliphatic heterocycles. The number of carbonyl (C=O) groups excluding carboxylic acids is 1. The van der Waals surface area contributed by atoms with Gasteiger partial charge in [-0.2, -0.15) is 0 Å². The molecule has 1 amide bonds. The van der Waals surface area contributed by atoms with E-state index < -0.39 is 0 Å². The minimum atomic E-state index is 0.0594. The third kappa shape index (κ3) is 5.98. The smallest absolute Gasteiger partial charge is 0.276 e. The quantitative estimate of drug-likeness (QED) is 0.384. The molecule has 0 aromatic rings. The molecule has 0 spiro atoms. The first kappa shape index (κ1) is 25.0. The number of ether oxygens (including phenoxy) is 1. The van der Waals surface area contributed by atoms with Crippen LogP contribution >= 0.6 is 11.8 Å². The van der Waals surface area contributed by atoms with E-state index >= 15 is 0 Å². The molecule has 0 radical (unpaired) electrons. The molecule has 9 heteroatoms. The van der Waals surface area contributed by atoms with Gasteiger partial charge in [-0.1, -0.05) is 31.5 Å². The lowest BCUT2D eigenvalue weighted by molar-refractivity contribution is -0.115. The number of nitrogens with one attached hydrogen (secondary N) is 5. The van der Waals surface area contributed by atoms with Crippen molar-refractivity contribution in [3.05, 3.63) is 0 Å². The highest BCUT2D eigenvalue weighted by molar-refractivity contribution is 8.16. The first-order valence-corrected chi connectivity index (χ1v) is 14.5. The molecule has 0 aromatic heterocycles.